The fourth-order valence-electron chi connectivity index (χ4n) is 1.53. The molecule has 1 heterocycles. The van der Waals surface area contributed by atoms with Crippen LogP contribution in [-0.2, 0) is 17.8 Å². The number of carbonyl (C=O) groups is 1. The summed E-state index contributed by atoms with van der Waals surface area (Å²) < 4.78 is 1.51. The van der Waals surface area contributed by atoms with Gasteiger partial charge < -0.3 is 0 Å². The summed E-state index contributed by atoms with van der Waals surface area (Å²) in [5.41, 5.74) is 0.720. The fourth-order valence-corrected chi connectivity index (χ4v) is 1.53. The number of nitro groups is 1. The molecule has 0 atom stereocenters. The van der Waals surface area contributed by atoms with Gasteiger partial charge in [0.05, 0.1) is 11.3 Å². The Morgan fingerprint density at radius 3 is 2.60 bits per heavy atom. The zero-order valence-corrected chi connectivity index (χ0v) is 8.98. The number of rotatable bonds is 4. The maximum atomic E-state index is 11.0. The van der Waals surface area contributed by atoms with Crippen LogP contribution in [0.4, 0.5) is 5.69 Å². The number of aromatic nitrogens is 2. The van der Waals surface area contributed by atoms with Crippen molar-refractivity contribution < 1.29 is 9.72 Å². The summed E-state index contributed by atoms with van der Waals surface area (Å²) in [6.45, 7) is 5.34. The third-order valence-corrected chi connectivity index (χ3v) is 2.10. The first-order chi connectivity index (χ1) is 6.97. The first-order valence-electron chi connectivity index (χ1n) is 4.67. The van der Waals surface area contributed by atoms with Crippen LogP contribution < -0.4 is 0 Å². The second-order valence-corrected chi connectivity index (χ2v) is 3.33. The zero-order valence-electron chi connectivity index (χ0n) is 8.98. The maximum absolute atomic E-state index is 11.0. The third kappa shape index (κ3) is 2.20. The number of Topliss-reactive ketones (excluding diaryl/α,β-unsaturated/α-hetero) is 1. The Labute approximate surface area is 87.0 Å². The second kappa shape index (κ2) is 4.20. The molecule has 0 spiro atoms. The molecule has 0 saturated heterocycles. The number of carbonyl (C=O) groups excluding carboxylic acids is 1. The van der Waals surface area contributed by atoms with Gasteiger partial charge in [-0.2, -0.15) is 5.10 Å². The van der Waals surface area contributed by atoms with E-state index in [0.29, 0.717) is 17.9 Å². The van der Waals surface area contributed by atoms with Crippen LogP contribution in [-0.4, -0.2) is 20.5 Å². The van der Waals surface area contributed by atoms with Gasteiger partial charge in [-0.25, -0.2) is 0 Å². The quantitative estimate of drug-likeness (QED) is 0.554. The van der Waals surface area contributed by atoms with Crippen molar-refractivity contribution in [3.05, 3.63) is 21.5 Å². The monoisotopic (exact) mass is 211 g/mol. The molecule has 0 saturated carbocycles. The van der Waals surface area contributed by atoms with Crippen molar-refractivity contribution >= 4 is 11.5 Å². The van der Waals surface area contributed by atoms with Crippen LogP contribution in [0.5, 0.6) is 0 Å². The molecule has 0 unspecified atom stereocenters. The lowest BCUT2D eigenvalue weighted by Gasteiger charge is -2.00. The van der Waals surface area contributed by atoms with Crippen molar-refractivity contribution in [1.29, 1.82) is 0 Å². The molecule has 82 valence electrons. The highest BCUT2D eigenvalue weighted by atomic mass is 16.6. The number of nitrogens with zero attached hydrogens (tertiary/aromatic N) is 3. The maximum Gasteiger partial charge on any atom is 0.313 e. The standard InChI is InChI=1S/C9H13N3O3/c1-4-11-8(5-6(2)13)9(12(14)15)7(3)10-11/h4-5H2,1-3H3. The summed E-state index contributed by atoms with van der Waals surface area (Å²) in [6, 6.07) is 0. The van der Waals surface area contributed by atoms with Crippen molar-refractivity contribution in [2.24, 2.45) is 0 Å². The molecule has 0 aliphatic heterocycles. The topological polar surface area (TPSA) is 78.0 Å². The lowest BCUT2D eigenvalue weighted by molar-refractivity contribution is -0.386. The van der Waals surface area contributed by atoms with Crippen LogP contribution in [0.25, 0.3) is 0 Å². The fraction of sp³-hybridized carbons (Fsp3) is 0.556. The molecule has 0 amide bonds. The second-order valence-electron chi connectivity index (χ2n) is 3.33. The average molecular weight is 211 g/mol. The Balaban J connectivity index is 3.28. The molecule has 0 fully saturated rings. The molecule has 6 heteroatoms. The number of hydrogen-bond acceptors (Lipinski definition) is 4. The minimum absolute atomic E-state index is 0.0351. The van der Waals surface area contributed by atoms with Gasteiger partial charge in [-0.05, 0) is 20.8 Å². The summed E-state index contributed by atoms with van der Waals surface area (Å²) >= 11 is 0. The van der Waals surface area contributed by atoms with E-state index in [4.69, 9.17) is 0 Å². The van der Waals surface area contributed by atoms with Gasteiger partial charge in [-0.15, -0.1) is 0 Å². The van der Waals surface area contributed by atoms with Crippen molar-refractivity contribution in [3.8, 4) is 0 Å². The van der Waals surface area contributed by atoms with Crippen molar-refractivity contribution in [1.82, 2.24) is 9.78 Å². The highest BCUT2D eigenvalue weighted by Crippen LogP contribution is 2.23. The van der Waals surface area contributed by atoms with Gasteiger partial charge in [-0.1, -0.05) is 0 Å². The molecule has 1 aromatic heterocycles. The van der Waals surface area contributed by atoms with E-state index in [-0.39, 0.29) is 17.9 Å². The molecule has 0 radical (unpaired) electrons. The Morgan fingerprint density at radius 2 is 2.20 bits per heavy atom. The molecule has 0 aliphatic carbocycles. The van der Waals surface area contributed by atoms with Crippen molar-refractivity contribution in [2.45, 2.75) is 33.7 Å². The van der Waals surface area contributed by atoms with Crippen molar-refractivity contribution in [2.75, 3.05) is 0 Å². The molecule has 0 aliphatic rings. The van der Waals surface area contributed by atoms with Crippen LogP contribution in [0.15, 0.2) is 0 Å². The molecule has 1 aromatic rings. The summed E-state index contributed by atoms with van der Waals surface area (Å²) in [7, 11) is 0. The normalized spacial score (nSPS) is 10.3. The zero-order chi connectivity index (χ0) is 11.6. The van der Waals surface area contributed by atoms with Gasteiger partial charge in [0.15, 0.2) is 0 Å². The van der Waals surface area contributed by atoms with Gasteiger partial charge >= 0.3 is 5.69 Å². The molecule has 0 N–H and O–H groups in total. The van der Waals surface area contributed by atoms with Crippen molar-refractivity contribution in [3.63, 3.8) is 0 Å². The van der Waals surface area contributed by atoms with E-state index in [9.17, 15) is 14.9 Å². The first-order valence-corrected chi connectivity index (χ1v) is 4.67. The van der Waals surface area contributed by atoms with E-state index in [1.807, 2.05) is 6.92 Å². The van der Waals surface area contributed by atoms with E-state index < -0.39 is 4.92 Å². The summed E-state index contributed by atoms with van der Waals surface area (Å²) in [5.74, 6) is -0.104. The van der Waals surface area contributed by atoms with E-state index in [2.05, 4.69) is 5.10 Å². The van der Waals surface area contributed by atoms with Gasteiger partial charge in [-0.3, -0.25) is 19.6 Å². The minimum atomic E-state index is -0.479. The molecule has 6 nitrogen and oxygen atoms in total. The number of hydrogen-bond donors (Lipinski definition) is 0. The van der Waals surface area contributed by atoms with E-state index in [0.717, 1.165) is 0 Å². The van der Waals surface area contributed by atoms with Crippen LogP contribution >= 0.6 is 0 Å². The molecule has 1 rings (SSSR count). The molecule has 0 bridgehead atoms. The first kappa shape index (κ1) is 11.4. The molecule has 0 aromatic carbocycles. The predicted octanol–water partition coefficient (Wildman–Crippen LogP) is 1.25. The third-order valence-electron chi connectivity index (χ3n) is 2.10. The van der Waals surface area contributed by atoms with E-state index >= 15 is 0 Å². The van der Waals surface area contributed by atoms with E-state index in [1.54, 1.807) is 6.92 Å². The predicted molar refractivity (Wildman–Crippen MR) is 53.7 cm³/mol. The molecular formula is C9H13N3O3. The van der Waals surface area contributed by atoms with Crippen LogP contribution in [0, 0.1) is 17.0 Å². The molecule has 15 heavy (non-hydrogen) atoms. The van der Waals surface area contributed by atoms with E-state index in [1.165, 1.54) is 11.6 Å². The average Bonchev–Trinajstić information content (AvgIpc) is 2.41. The summed E-state index contributed by atoms with van der Waals surface area (Å²) in [6.07, 6.45) is 0.0605. The Morgan fingerprint density at radius 1 is 1.60 bits per heavy atom. The largest absolute Gasteiger partial charge is 0.313 e. The lowest BCUT2D eigenvalue weighted by Crippen LogP contribution is -2.08. The summed E-state index contributed by atoms with van der Waals surface area (Å²) in [4.78, 5) is 21.3. The van der Waals surface area contributed by atoms with Crippen LogP contribution in [0.2, 0.25) is 0 Å². The van der Waals surface area contributed by atoms with Gasteiger partial charge in [0.1, 0.15) is 17.2 Å². The smallest absolute Gasteiger partial charge is 0.300 e. The number of aryl methyl sites for hydroxylation is 2. The van der Waals surface area contributed by atoms with Gasteiger partial charge in [0.2, 0.25) is 0 Å². The Bertz CT molecular complexity index is 409. The Kier molecular flexibility index (Phi) is 3.18. The van der Waals surface area contributed by atoms with Crippen LogP contribution in [0.3, 0.4) is 0 Å². The molecular weight excluding hydrogens is 198 g/mol. The van der Waals surface area contributed by atoms with Gasteiger partial charge in [0.25, 0.3) is 0 Å². The number of ketones is 1. The Hall–Kier alpha value is -1.72. The lowest BCUT2D eigenvalue weighted by atomic mass is 10.2. The highest BCUT2D eigenvalue weighted by Gasteiger charge is 2.25. The van der Waals surface area contributed by atoms with Gasteiger partial charge in [0, 0.05) is 6.54 Å². The highest BCUT2D eigenvalue weighted by molar-refractivity contribution is 5.79. The summed E-state index contributed by atoms with van der Waals surface area (Å²) in [5, 5.41) is 14.8. The van der Waals surface area contributed by atoms with Crippen LogP contribution in [0.1, 0.15) is 25.2 Å². The minimum Gasteiger partial charge on any atom is -0.300 e. The SMILES string of the molecule is CCn1nc(C)c([N+](=O)[O-])c1CC(C)=O.